The number of pyridine rings is 2. The number of hydrogen-bond donors (Lipinski definition) is 1. The minimum atomic E-state index is -0.427. The first-order valence-corrected chi connectivity index (χ1v) is 12.0. The molecule has 2 aromatic carbocycles. The van der Waals surface area contributed by atoms with Crippen LogP contribution in [0.1, 0.15) is 28.6 Å². The highest BCUT2D eigenvalue weighted by atomic mass is 16.3. The van der Waals surface area contributed by atoms with Crippen LogP contribution in [-0.2, 0) is 6.54 Å². The highest BCUT2D eigenvalue weighted by molar-refractivity contribution is 5.47. The maximum absolute atomic E-state index is 13.9. The van der Waals surface area contributed by atoms with Gasteiger partial charge in [-0.2, -0.15) is 0 Å². The Morgan fingerprint density at radius 2 is 1.54 bits per heavy atom. The molecule has 3 heterocycles. The van der Waals surface area contributed by atoms with Crippen molar-refractivity contribution in [1.29, 1.82) is 0 Å². The van der Waals surface area contributed by atoms with E-state index in [-0.39, 0.29) is 11.3 Å². The van der Waals surface area contributed by atoms with E-state index in [2.05, 4.69) is 39.0 Å². The van der Waals surface area contributed by atoms with Crippen LogP contribution in [0.15, 0.2) is 95.9 Å². The molecule has 0 spiro atoms. The van der Waals surface area contributed by atoms with Gasteiger partial charge in [0, 0.05) is 43.8 Å². The zero-order valence-electron chi connectivity index (χ0n) is 19.9. The summed E-state index contributed by atoms with van der Waals surface area (Å²) in [5.74, 6) is 0.0259. The van der Waals surface area contributed by atoms with Crippen LogP contribution in [0.5, 0.6) is 5.75 Å². The van der Waals surface area contributed by atoms with Gasteiger partial charge in [0.2, 0.25) is 0 Å². The molecule has 1 aliphatic heterocycles. The SMILES string of the molecule is Cc1cc(O)c(C(c2ccccn2)N2CCN(c3ccccc3)CC2)c(=O)n1Cc1ccccc1. The van der Waals surface area contributed by atoms with E-state index < -0.39 is 6.04 Å². The number of benzene rings is 2. The van der Waals surface area contributed by atoms with Crippen LogP contribution in [0.2, 0.25) is 0 Å². The lowest BCUT2D eigenvalue weighted by molar-refractivity contribution is 0.204. The lowest BCUT2D eigenvalue weighted by Gasteiger charge is -2.40. The average Bonchev–Trinajstić information content (AvgIpc) is 2.91. The molecule has 0 amide bonds. The number of rotatable bonds is 6. The molecule has 6 heteroatoms. The third-order valence-electron chi connectivity index (χ3n) is 6.75. The van der Waals surface area contributed by atoms with Crippen molar-refractivity contribution in [3.05, 3.63) is 124 Å². The number of nitrogens with zero attached hydrogens (tertiary/aromatic N) is 4. The van der Waals surface area contributed by atoms with E-state index in [1.807, 2.05) is 61.5 Å². The smallest absolute Gasteiger partial charge is 0.260 e. The molecular formula is C29H30N4O2. The molecule has 0 bridgehead atoms. The van der Waals surface area contributed by atoms with Crippen LogP contribution in [0.25, 0.3) is 0 Å². The summed E-state index contributed by atoms with van der Waals surface area (Å²) in [6.07, 6.45) is 1.75. The van der Waals surface area contributed by atoms with Crippen LogP contribution >= 0.6 is 0 Å². The van der Waals surface area contributed by atoms with Gasteiger partial charge in [-0.25, -0.2) is 0 Å². The molecule has 0 saturated carbocycles. The van der Waals surface area contributed by atoms with Crippen LogP contribution in [-0.4, -0.2) is 45.7 Å². The van der Waals surface area contributed by atoms with Gasteiger partial charge < -0.3 is 14.6 Å². The van der Waals surface area contributed by atoms with Crippen LogP contribution < -0.4 is 10.5 Å². The second-order valence-corrected chi connectivity index (χ2v) is 8.98. The number of aryl methyl sites for hydroxylation is 1. The number of hydrogen-bond acceptors (Lipinski definition) is 5. The van der Waals surface area contributed by atoms with E-state index in [0.29, 0.717) is 12.1 Å². The van der Waals surface area contributed by atoms with Gasteiger partial charge in [-0.3, -0.25) is 14.7 Å². The normalized spacial score (nSPS) is 15.2. The first-order chi connectivity index (χ1) is 17.1. The third kappa shape index (κ3) is 4.84. The summed E-state index contributed by atoms with van der Waals surface area (Å²) in [4.78, 5) is 23.1. The number of aromatic nitrogens is 2. The molecule has 1 aliphatic rings. The molecule has 178 valence electrons. The Bertz CT molecular complexity index is 1320. The van der Waals surface area contributed by atoms with Gasteiger partial charge in [0.25, 0.3) is 5.56 Å². The first-order valence-electron chi connectivity index (χ1n) is 12.0. The molecule has 1 atom stereocenters. The Morgan fingerprint density at radius 1 is 0.886 bits per heavy atom. The van der Waals surface area contributed by atoms with Gasteiger partial charge in [-0.1, -0.05) is 54.6 Å². The maximum Gasteiger partial charge on any atom is 0.260 e. The van der Waals surface area contributed by atoms with Crippen molar-refractivity contribution >= 4 is 5.69 Å². The number of para-hydroxylation sites is 1. The largest absolute Gasteiger partial charge is 0.507 e. The summed E-state index contributed by atoms with van der Waals surface area (Å²) >= 11 is 0. The average molecular weight is 467 g/mol. The fourth-order valence-electron chi connectivity index (χ4n) is 4.92. The topological polar surface area (TPSA) is 61.6 Å². The second-order valence-electron chi connectivity index (χ2n) is 8.98. The Labute approximate surface area is 205 Å². The van der Waals surface area contributed by atoms with Crippen molar-refractivity contribution in [2.24, 2.45) is 0 Å². The standard InChI is InChI=1S/C29H30N4O2/c1-22-20-26(34)27(29(35)33(22)21-23-10-4-2-5-11-23)28(25-14-8-9-15-30-25)32-18-16-31(17-19-32)24-12-6-3-7-13-24/h2-15,20,28,34H,16-19,21H2,1H3. The molecule has 1 unspecified atom stereocenters. The highest BCUT2D eigenvalue weighted by Gasteiger charge is 2.32. The molecule has 0 radical (unpaired) electrons. The molecule has 1 saturated heterocycles. The summed E-state index contributed by atoms with van der Waals surface area (Å²) in [6, 6.07) is 27.3. The van der Waals surface area contributed by atoms with Crippen molar-refractivity contribution in [3.63, 3.8) is 0 Å². The van der Waals surface area contributed by atoms with Crippen molar-refractivity contribution in [2.45, 2.75) is 19.5 Å². The lowest BCUT2D eigenvalue weighted by Crippen LogP contribution is -2.49. The number of piperazine rings is 1. The van der Waals surface area contributed by atoms with E-state index in [0.717, 1.165) is 43.1 Å². The molecule has 1 fully saturated rings. The Kier molecular flexibility index (Phi) is 6.64. The van der Waals surface area contributed by atoms with Gasteiger partial charge in [-0.15, -0.1) is 0 Å². The fraction of sp³-hybridized carbons (Fsp3) is 0.241. The van der Waals surface area contributed by atoms with Crippen molar-refractivity contribution in [3.8, 4) is 5.75 Å². The monoisotopic (exact) mass is 466 g/mol. The summed E-state index contributed by atoms with van der Waals surface area (Å²) in [6.45, 7) is 5.48. The molecule has 4 aromatic rings. The Morgan fingerprint density at radius 3 is 2.20 bits per heavy atom. The Hall–Kier alpha value is -3.90. The molecular weight excluding hydrogens is 436 g/mol. The third-order valence-corrected chi connectivity index (χ3v) is 6.75. The van der Waals surface area contributed by atoms with Crippen molar-refractivity contribution < 1.29 is 5.11 Å². The lowest BCUT2D eigenvalue weighted by atomic mass is 9.99. The van der Waals surface area contributed by atoms with Gasteiger partial charge in [0.05, 0.1) is 23.8 Å². The zero-order valence-corrected chi connectivity index (χ0v) is 19.9. The predicted octanol–water partition coefficient (Wildman–Crippen LogP) is 4.22. The second kappa shape index (κ2) is 10.2. The van der Waals surface area contributed by atoms with Crippen LogP contribution in [0, 0.1) is 6.92 Å². The maximum atomic E-state index is 13.9. The van der Waals surface area contributed by atoms with Crippen molar-refractivity contribution in [2.75, 3.05) is 31.1 Å². The first kappa shape index (κ1) is 22.9. The minimum absolute atomic E-state index is 0.0259. The van der Waals surface area contributed by atoms with E-state index in [1.54, 1.807) is 16.8 Å². The highest BCUT2D eigenvalue weighted by Crippen LogP contribution is 2.33. The number of anilines is 1. The van der Waals surface area contributed by atoms with Gasteiger partial charge >= 0.3 is 0 Å². The summed E-state index contributed by atoms with van der Waals surface area (Å²) < 4.78 is 1.75. The molecule has 1 N–H and O–H groups in total. The van der Waals surface area contributed by atoms with Crippen LogP contribution in [0.3, 0.4) is 0 Å². The summed E-state index contributed by atoms with van der Waals surface area (Å²) in [5, 5.41) is 11.1. The van der Waals surface area contributed by atoms with Crippen molar-refractivity contribution in [1.82, 2.24) is 14.5 Å². The van der Waals surface area contributed by atoms with Gasteiger partial charge in [-0.05, 0) is 42.8 Å². The summed E-state index contributed by atoms with van der Waals surface area (Å²) in [5.41, 5.74) is 3.95. The van der Waals surface area contributed by atoms with E-state index >= 15 is 0 Å². The van der Waals surface area contributed by atoms with Gasteiger partial charge in [0.1, 0.15) is 5.75 Å². The van der Waals surface area contributed by atoms with E-state index in [4.69, 9.17) is 0 Å². The quantitative estimate of drug-likeness (QED) is 0.461. The van der Waals surface area contributed by atoms with E-state index in [1.165, 1.54) is 5.69 Å². The summed E-state index contributed by atoms with van der Waals surface area (Å²) in [7, 11) is 0. The van der Waals surface area contributed by atoms with Gasteiger partial charge in [0.15, 0.2) is 0 Å². The number of aromatic hydroxyl groups is 1. The minimum Gasteiger partial charge on any atom is -0.507 e. The fourth-order valence-corrected chi connectivity index (χ4v) is 4.92. The predicted molar refractivity (Wildman–Crippen MR) is 139 cm³/mol. The molecule has 35 heavy (non-hydrogen) atoms. The molecule has 6 nitrogen and oxygen atoms in total. The van der Waals surface area contributed by atoms with E-state index in [9.17, 15) is 9.90 Å². The molecule has 5 rings (SSSR count). The zero-order chi connectivity index (χ0) is 24.2. The molecule has 2 aromatic heterocycles. The molecule has 0 aliphatic carbocycles. The Balaban J connectivity index is 1.52. The van der Waals surface area contributed by atoms with Crippen LogP contribution in [0.4, 0.5) is 5.69 Å².